The molecule has 17 heavy (non-hydrogen) atoms. The molecule has 0 aliphatic rings. The van der Waals surface area contributed by atoms with Crippen LogP contribution in [0.3, 0.4) is 0 Å². The van der Waals surface area contributed by atoms with Gasteiger partial charge in [-0.3, -0.25) is 4.68 Å². The maximum absolute atomic E-state index is 12.1. The Labute approximate surface area is 98.8 Å². The van der Waals surface area contributed by atoms with Crippen LogP contribution in [0.4, 0.5) is 13.2 Å². The molecule has 1 rings (SSSR count). The Hall–Kier alpha value is -1.04. The molecule has 6 heteroatoms. The van der Waals surface area contributed by atoms with E-state index in [1.165, 1.54) is 0 Å². The molecule has 3 nitrogen and oxygen atoms in total. The highest BCUT2D eigenvalue weighted by Crippen LogP contribution is 2.26. The Bertz CT molecular complexity index is 357. The fourth-order valence-corrected chi connectivity index (χ4v) is 1.68. The molecule has 0 aliphatic heterocycles. The van der Waals surface area contributed by atoms with Gasteiger partial charge in [-0.05, 0) is 25.8 Å². The summed E-state index contributed by atoms with van der Waals surface area (Å²) in [5.41, 5.74) is 7.34. The van der Waals surface area contributed by atoms with Gasteiger partial charge in [0.25, 0.3) is 0 Å². The zero-order valence-corrected chi connectivity index (χ0v) is 10.1. The maximum Gasteiger partial charge on any atom is 0.389 e. The molecule has 98 valence electrons. The first kappa shape index (κ1) is 14.0. The number of nitrogens with two attached hydrogens (primary N) is 1. The lowest BCUT2D eigenvalue weighted by molar-refractivity contribution is -0.136. The molecule has 1 atom stereocenters. The van der Waals surface area contributed by atoms with Gasteiger partial charge in [-0.1, -0.05) is 6.92 Å². The lowest BCUT2D eigenvalue weighted by atomic mass is 10.1. The van der Waals surface area contributed by atoms with Crippen LogP contribution in [0.2, 0.25) is 0 Å². The molecule has 2 N–H and O–H groups in total. The largest absolute Gasteiger partial charge is 0.389 e. The van der Waals surface area contributed by atoms with E-state index < -0.39 is 18.6 Å². The van der Waals surface area contributed by atoms with E-state index in [0.29, 0.717) is 12.2 Å². The molecule has 0 saturated carbocycles. The summed E-state index contributed by atoms with van der Waals surface area (Å²) in [4.78, 5) is 0. The van der Waals surface area contributed by atoms with Crippen molar-refractivity contribution in [3.63, 3.8) is 0 Å². The van der Waals surface area contributed by atoms with Crippen LogP contribution < -0.4 is 5.73 Å². The molecule has 0 radical (unpaired) electrons. The number of halogens is 3. The number of hydrogen-bond donors (Lipinski definition) is 1. The fourth-order valence-electron chi connectivity index (χ4n) is 1.68. The summed E-state index contributed by atoms with van der Waals surface area (Å²) in [6.45, 7) is 4.47. The first-order chi connectivity index (χ1) is 7.87. The van der Waals surface area contributed by atoms with Crippen LogP contribution in [0.1, 0.15) is 44.1 Å². The van der Waals surface area contributed by atoms with Gasteiger partial charge >= 0.3 is 6.18 Å². The topological polar surface area (TPSA) is 43.8 Å². The number of nitrogens with zero attached hydrogens (tertiary/aromatic N) is 2. The first-order valence-electron chi connectivity index (χ1n) is 5.76. The predicted molar refractivity (Wildman–Crippen MR) is 59.5 cm³/mol. The van der Waals surface area contributed by atoms with Crippen molar-refractivity contribution in [3.05, 3.63) is 17.5 Å². The van der Waals surface area contributed by atoms with Crippen molar-refractivity contribution >= 4 is 0 Å². The number of rotatable bonds is 5. The smallest absolute Gasteiger partial charge is 0.323 e. The van der Waals surface area contributed by atoms with Crippen molar-refractivity contribution in [1.82, 2.24) is 9.78 Å². The summed E-state index contributed by atoms with van der Waals surface area (Å²) in [7, 11) is 0. The monoisotopic (exact) mass is 249 g/mol. The zero-order valence-electron chi connectivity index (χ0n) is 10.1. The predicted octanol–water partition coefficient (Wildman–Crippen LogP) is 2.81. The highest BCUT2D eigenvalue weighted by molar-refractivity contribution is 5.14. The number of alkyl halides is 3. The van der Waals surface area contributed by atoms with E-state index in [0.717, 1.165) is 12.1 Å². The normalized spacial score (nSPS) is 14.0. The van der Waals surface area contributed by atoms with Gasteiger partial charge in [0, 0.05) is 19.0 Å². The summed E-state index contributed by atoms with van der Waals surface area (Å²) in [6.07, 6.45) is -4.35. The highest BCUT2D eigenvalue weighted by atomic mass is 19.4. The Kier molecular flexibility index (Phi) is 4.56. The van der Waals surface area contributed by atoms with Crippen molar-refractivity contribution in [2.75, 3.05) is 0 Å². The molecule has 0 fully saturated rings. The SMILES string of the molecule is CCc1cc(C(N)CCC(F)(F)F)n(CC)n1. The summed E-state index contributed by atoms with van der Waals surface area (Å²) >= 11 is 0. The van der Waals surface area contributed by atoms with E-state index in [1.807, 2.05) is 13.8 Å². The van der Waals surface area contributed by atoms with E-state index in [2.05, 4.69) is 5.10 Å². The minimum atomic E-state index is -4.15. The van der Waals surface area contributed by atoms with Gasteiger partial charge in [-0.25, -0.2) is 0 Å². The van der Waals surface area contributed by atoms with Gasteiger partial charge in [0.15, 0.2) is 0 Å². The van der Waals surface area contributed by atoms with E-state index in [1.54, 1.807) is 10.7 Å². The lowest BCUT2D eigenvalue weighted by Crippen LogP contribution is -2.19. The van der Waals surface area contributed by atoms with Gasteiger partial charge in [0.2, 0.25) is 0 Å². The third-order valence-corrected chi connectivity index (χ3v) is 2.64. The summed E-state index contributed by atoms with van der Waals surface area (Å²) in [5.74, 6) is 0. The van der Waals surface area contributed by atoms with Crippen LogP contribution in [0.5, 0.6) is 0 Å². The molecule has 0 spiro atoms. The second-order valence-corrected chi connectivity index (χ2v) is 3.99. The standard InChI is InChI=1S/C11H18F3N3/c1-3-8-7-10(17(4-2)16-8)9(15)5-6-11(12,13)14/h7,9H,3-6,15H2,1-2H3. The molecule has 1 aromatic heterocycles. The first-order valence-corrected chi connectivity index (χ1v) is 5.76. The Morgan fingerprint density at radius 1 is 1.41 bits per heavy atom. The van der Waals surface area contributed by atoms with Crippen molar-refractivity contribution in [2.45, 2.75) is 51.9 Å². The quantitative estimate of drug-likeness (QED) is 0.872. The fraction of sp³-hybridized carbons (Fsp3) is 0.727. The van der Waals surface area contributed by atoms with E-state index >= 15 is 0 Å². The highest BCUT2D eigenvalue weighted by Gasteiger charge is 2.28. The van der Waals surface area contributed by atoms with Gasteiger partial charge in [0.1, 0.15) is 0 Å². The molecular formula is C11H18F3N3. The van der Waals surface area contributed by atoms with E-state index in [9.17, 15) is 13.2 Å². The Morgan fingerprint density at radius 3 is 2.53 bits per heavy atom. The molecule has 0 bridgehead atoms. The maximum atomic E-state index is 12.1. The molecule has 0 aliphatic carbocycles. The van der Waals surface area contributed by atoms with Gasteiger partial charge in [-0.15, -0.1) is 0 Å². The molecule has 1 aromatic rings. The van der Waals surface area contributed by atoms with Crippen molar-refractivity contribution in [2.24, 2.45) is 5.73 Å². The minimum Gasteiger partial charge on any atom is -0.323 e. The van der Waals surface area contributed by atoms with Crippen molar-refractivity contribution < 1.29 is 13.2 Å². The van der Waals surface area contributed by atoms with Crippen LogP contribution in [0.25, 0.3) is 0 Å². The molecule has 0 saturated heterocycles. The third kappa shape index (κ3) is 4.03. The molecule has 1 unspecified atom stereocenters. The molecule has 0 aromatic carbocycles. The Morgan fingerprint density at radius 2 is 2.06 bits per heavy atom. The van der Waals surface area contributed by atoms with Crippen LogP contribution in [-0.2, 0) is 13.0 Å². The van der Waals surface area contributed by atoms with E-state index in [-0.39, 0.29) is 6.42 Å². The molecular weight excluding hydrogens is 231 g/mol. The van der Waals surface area contributed by atoms with Crippen molar-refractivity contribution in [1.29, 1.82) is 0 Å². The molecule has 1 heterocycles. The minimum absolute atomic E-state index is 0.0989. The van der Waals surface area contributed by atoms with Gasteiger partial charge in [0.05, 0.1) is 11.4 Å². The number of hydrogen-bond acceptors (Lipinski definition) is 2. The third-order valence-electron chi connectivity index (χ3n) is 2.64. The van der Waals surface area contributed by atoms with Gasteiger partial charge in [-0.2, -0.15) is 18.3 Å². The second-order valence-electron chi connectivity index (χ2n) is 3.99. The number of aryl methyl sites for hydroxylation is 2. The lowest BCUT2D eigenvalue weighted by Gasteiger charge is -2.14. The average molecular weight is 249 g/mol. The van der Waals surface area contributed by atoms with E-state index in [4.69, 9.17) is 5.73 Å². The van der Waals surface area contributed by atoms with Crippen LogP contribution >= 0.6 is 0 Å². The summed E-state index contributed by atoms with van der Waals surface area (Å²) < 4.78 is 38.0. The zero-order chi connectivity index (χ0) is 13.1. The average Bonchev–Trinajstić information content (AvgIpc) is 2.68. The van der Waals surface area contributed by atoms with Crippen LogP contribution in [0.15, 0.2) is 6.07 Å². The summed E-state index contributed by atoms with van der Waals surface area (Å²) in [6, 6.07) is 1.19. The van der Waals surface area contributed by atoms with Crippen LogP contribution in [-0.4, -0.2) is 16.0 Å². The molecule has 0 amide bonds. The summed E-state index contributed by atoms with van der Waals surface area (Å²) in [5, 5.41) is 4.27. The Balaban J connectivity index is 2.73. The second kappa shape index (κ2) is 5.53. The van der Waals surface area contributed by atoms with Gasteiger partial charge < -0.3 is 5.73 Å². The van der Waals surface area contributed by atoms with Crippen LogP contribution in [0, 0.1) is 0 Å². The number of aromatic nitrogens is 2. The van der Waals surface area contributed by atoms with Crippen molar-refractivity contribution in [3.8, 4) is 0 Å².